The second-order valence-electron chi connectivity index (χ2n) is 3.45. The maximum absolute atomic E-state index is 12.1. The van der Waals surface area contributed by atoms with Gasteiger partial charge in [0.05, 0.1) is 6.54 Å². The maximum Gasteiger partial charge on any atom is 0.401 e. The molecule has 1 aromatic carbocycles. The zero-order valence-corrected chi connectivity index (χ0v) is 10.2. The molecule has 0 bridgehead atoms. The fraction of sp³-hybridized carbons (Fsp3) is 0.400. The van der Waals surface area contributed by atoms with Gasteiger partial charge in [-0.25, -0.2) is 0 Å². The van der Waals surface area contributed by atoms with Gasteiger partial charge in [-0.3, -0.25) is 0 Å². The highest BCUT2D eigenvalue weighted by atomic mass is 35.5. The molecule has 0 amide bonds. The van der Waals surface area contributed by atoms with E-state index in [4.69, 9.17) is 28.9 Å². The van der Waals surface area contributed by atoms with Crippen LogP contribution in [0.1, 0.15) is 11.6 Å². The van der Waals surface area contributed by atoms with E-state index in [1.165, 1.54) is 12.1 Å². The van der Waals surface area contributed by atoms with Gasteiger partial charge in [-0.1, -0.05) is 23.2 Å². The summed E-state index contributed by atoms with van der Waals surface area (Å²) in [6, 6.07) is 3.91. The monoisotopic (exact) mass is 286 g/mol. The summed E-state index contributed by atoms with van der Waals surface area (Å²) in [4.78, 5) is 0. The van der Waals surface area contributed by atoms with E-state index in [-0.39, 0.29) is 6.54 Å². The zero-order chi connectivity index (χ0) is 13.1. The quantitative estimate of drug-likeness (QED) is 0.892. The Balaban J connectivity index is 2.82. The van der Waals surface area contributed by atoms with Gasteiger partial charge in [-0.2, -0.15) is 13.2 Å². The Labute approximate surface area is 107 Å². The third kappa shape index (κ3) is 4.71. The first-order valence-electron chi connectivity index (χ1n) is 4.78. The van der Waals surface area contributed by atoms with Gasteiger partial charge < -0.3 is 11.1 Å². The molecule has 0 aromatic heterocycles. The number of hydrogen-bond acceptors (Lipinski definition) is 2. The Kier molecular flexibility index (Phi) is 5.06. The average molecular weight is 287 g/mol. The van der Waals surface area contributed by atoms with E-state index >= 15 is 0 Å². The molecule has 0 fully saturated rings. The van der Waals surface area contributed by atoms with Crippen LogP contribution in [0.25, 0.3) is 0 Å². The summed E-state index contributed by atoms with van der Waals surface area (Å²) in [5.41, 5.74) is 5.89. The lowest BCUT2D eigenvalue weighted by molar-refractivity contribution is -0.126. The Bertz CT molecular complexity index is 382. The molecular formula is C10H11Cl2F3N2. The van der Waals surface area contributed by atoms with E-state index < -0.39 is 18.8 Å². The Morgan fingerprint density at radius 2 is 1.94 bits per heavy atom. The van der Waals surface area contributed by atoms with Gasteiger partial charge >= 0.3 is 6.18 Å². The minimum atomic E-state index is -4.29. The van der Waals surface area contributed by atoms with E-state index in [0.29, 0.717) is 15.6 Å². The number of nitrogens with one attached hydrogen (secondary N) is 1. The molecule has 1 unspecified atom stereocenters. The lowest BCUT2D eigenvalue weighted by Crippen LogP contribution is -2.35. The van der Waals surface area contributed by atoms with Crippen LogP contribution in [0.2, 0.25) is 10.0 Å². The van der Waals surface area contributed by atoms with Crippen molar-refractivity contribution < 1.29 is 13.2 Å². The van der Waals surface area contributed by atoms with E-state index in [9.17, 15) is 13.2 Å². The van der Waals surface area contributed by atoms with E-state index in [1.54, 1.807) is 6.07 Å². The lowest BCUT2D eigenvalue weighted by Gasteiger charge is -2.19. The van der Waals surface area contributed by atoms with Gasteiger partial charge in [0, 0.05) is 22.6 Å². The number of nitrogens with two attached hydrogens (primary N) is 1. The summed E-state index contributed by atoms with van der Waals surface area (Å²) in [6.07, 6.45) is -4.29. The smallest absolute Gasteiger partial charge is 0.329 e. The maximum atomic E-state index is 12.1. The van der Waals surface area contributed by atoms with E-state index in [1.807, 2.05) is 0 Å². The van der Waals surface area contributed by atoms with Crippen molar-refractivity contribution in [3.8, 4) is 0 Å². The molecule has 0 saturated carbocycles. The largest absolute Gasteiger partial charge is 0.401 e. The molecule has 0 aliphatic rings. The number of halogens is 5. The minimum Gasteiger partial charge on any atom is -0.329 e. The van der Waals surface area contributed by atoms with Crippen LogP contribution in [0, 0.1) is 0 Å². The summed E-state index contributed by atoms with van der Waals surface area (Å²) in [5, 5.41) is 3.03. The van der Waals surface area contributed by atoms with Gasteiger partial charge in [0.25, 0.3) is 0 Å². The van der Waals surface area contributed by atoms with E-state index in [0.717, 1.165) is 0 Å². The molecule has 0 saturated heterocycles. The van der Waals surface area contributed by atoms with Crippen molar-refractivity contribution in [2.75, 3.05) is 13.1 Å². The summed E-state index contributed by atoms with van der Waals surface area (Å²) in [5.74, 6) is 0. The van der Waals surface area contributed by atoms with Gasteiger partial charge in [0.15, 0.2) is 0 Å². The Hall–Kier alpha value is -0.490. The molecule has 2 nitrogen and oxygen atoms in total. The molecule has 96 valence electrons. The molecule has 7 heteroatoms. The third-order valence-electron chi connectivity index (χ3n) is 2.12. The molecule has 0 aliphatic carbocycles. The summed E-state index contributed by atoms with van der Waals surface area (Å²) in [6.45, 7) is -1.13. The fourth-order valence-corrected chi connectivity index (χ4v) is 1.77. The first kappa shape index (κ1) is 14.6. The van der Waals surface area contributed by atoms with Crippen LogP contribution in [0.4, 0.5) is 13.2 Å². The molecule has 17 heavy (non-hydrogen) atoms. The summed E-state index contributed by atoms with van der Waals surface area (Å²) in [7, 11) is 0. The van der Waals surface area contributed by atoms with Crippen LogP contribution in [-0.2, 0) is 0 Å². The number of alkyl halides is 3. The molecule has 0 radical (unpaired) electrons. The number of rotatable bonds is 4. The summed E-state index contributed by atoms with van der Waals surface area (Å²) >= 11 is 11.6. The van der Waals surface area contributed by atoms with Gasteiger partial charge in [0.1, 0.15) is 0 Å². The van der Waals surface area contributed by atoms with Crippen molar-refractivity contribution in [1.29, 1.82) is 0 Å². The Morgan fingerprint density at radius 1 is 1.29 bits per heavy atom. The second-order valence-corrected chi connectivity index (χ2v) is 4.29. The third-order valence-corrected chi connectivity index (χ3v) is 2.70. The predicted octanol–water partition coefficient (Wildman–Crippen LogP) is 3.15. The standard InChI is InChI=1S/C10H11Cl2F3N2/c11-6-1-2-8(12)7(3-6)9(4-16)17-5-10(13,14)15/h1-3,9,17H,4-5,16H2. The first-order valence-corrected chi connectivity index (χ1v) is 5.54. The van der Waals surface area contributed by atoms with Crippen molar-refractivity contribution in [1.82, 2.24) is 5.32 Å². The van der Waals surface area contributed by atoms with Crippen LogP contribution in [0.3, 0.4) is 0 Å². The molecule has 0 heterocycles. The van der Waals surface area contributed by atoms with Gasteiger partial charge in [-0.05, 0) is 23.8 Å². The zero-order valence-electron chi connectivity index (χ0n) is 8.69. The van der Waals surface area contributed by atoms with Crippen LogP contribution in [-0.4, -0.2) is 19.3 Å². The molecule has 1 rings (SSSR count). The fourth-order valence-electron chi connectivity index (χ4n) is 1.34. The number of benzene rings is 1. The van der Waals surface area contributed by atoms with Crippen molar-refractivity contribution in [3.05, 3.63) is 33.8 Å². The van der Waals surface area contributed by atoms with Gasteiger partial charge in [-0.15, -0.1) is 0 Å². The highest BCUT2D eigenvalue weighted by Crippen LogP contribution is 2.26. The van der Waals surface area contributed by atoms with Crippen molar-refractivity contribution in [2.24, 2.45) is 5.73 Å². The van der Waals surface area contributed by atoms with Gasteiger partial charge in [0.2, 0.25) is 0 Å². The van der Waals surface area contributed by atoms with Crippen LogP contribution in [0.5, 0.6) is 0 Å². The molecule has 1 aromatic rings. The second kappa shape index (κ2) is 5.91. The molecule has 3 N–H and O–H groups in total. The van der Waals surface area contributed by atoms with E-state index in [2.05, 4.69) is 5.32 Å². The van der Waals surface area contributed by atoms with Crippen molar-refractivity contribution >= 4 is 23.2 Å². The topological polar surface area (TPSA) is 38.0 Å². The van der Waals surface area contributed by atoms with Crippen LogP contribution < -0.4 is 11.1 Å². The molecule has 1 atom stereocenters. The molecular weight excluding hydrogens is 276 g/mol. The van der Waals surface area contributed by atoms with Crippen molar-refractivity contribution in [2.45, 2.75) is 12.2 Å². The number of hydrogen-bond donors (Lipinski definition) is 2. The van der Waals surface area contributed by atoms with Crippen LogP contribution in [0.15, 0.2) is 18.2 Å². The lowest BCUT2D eigenvalue weighted by atomic mass is 10.1. The normalized spacial score (nSPS) is 13.8. The highest BCUT2D eigenvalue weighted by molar-refractivity contribution is 6.33. The Morgan fingerprint density at radius 3 is 2.47 bits per heavy atom. The highest BCUT2D eigenvalue weighted by Gasteiger charge is 2.28. The van der Waals surface area contributed by atoms with Crippen LogP contribution >= 0.6 is 23.2 Å². The average Bonchev–Trinajstić information content (AvgIpc) is 2.22. The first-order chi connectivity index (χ1) is 7.83. The van der Waals surface area contributed by atoms with Crippen molar-refractivity contribution in [3.63, 3.8) is 0 Å². The molecule has 0 spiro atoms. The minimum absolute atomic E-state index is 0.00383. The summed E-state index contributed by atoms with van der Waals surface area (Å²) < 4.78 is 36.3. The SMILES string of the molecule is NCC(NCC(F)(F)F)c1cc(Cl)ccc1Cl. The predicted molar refractivity (Wildman–Crippen MR) is 62.3 cm³/mol. The molecule has 0 aliphatic heterocycles.